The molecule has 20 heavy (non-hydrogen) atoms. The number of hydrogen-bond acceptors (Lipinski definition) is 2. The molecule has 1 fully saturated rings. The fourth-order valence-corrected chi connectivity index (χ4v) is 2.56. The maximum absolute atomic E-state index is 13.1. The van der Waals surface area contributed by atoms with Gasteiger partial charge in [0.2, 0.25) is 5.91 Å². The van der Waals surface area contributed by atoms with Crippen LogP contribution in [0.15, 0.2) is 24.3 Å². The van der Waals surface area contributed by atoms with Gasteiger partial charge in [-0.3, -0.25) is 4.79 Å². The second-order valence-corrected chi connectivity index (χ2v) is 5.47. The van der Waals surface area contributed by atoms with Crippen LogP contribution in [0.25, 0.3) is 0 Å². The molecule has 1 saturated carbocycles. The average molecular weight is 278 g/mol. The first-order chi connectivity index (χ1) is 9.69. The van der Waals surface area contributed by atoms with Crippen molar-refractivity contribution >= 4 is 5.91 Å². The molecular weight excluding hydrogens is 255 g/mol. The van der Waals surface area contributed by atoms with Crippen LogP contribution in [0.2, 0.25) is 0 Å². The number of benzene rings is 1. The highest BCUT2D eigenvalue weighted by Gasteiger charge is 2.29. The predicted octanol–water partition coefficient (Wildman–Crippen LogP) is 2.58. The van der Waals surface area contributed by atoms with E-state index in [1.54, 1.807) is 12.1 Å². The molecule has 1 aromatic carbocycles. The quantitative estimate of drug-likeness (QED) is 0.805. The van der Waals surface area contributed by atoms with Crippen LogP contribution in [0.3, 0.4) is 0 Å². The molecule has 0 heterocycles. The van der Waals surface area contributed by atoms with Gasteiger partial charge in [-0.15, -0.1) is 0 Å². The lowest BCUT2D eigenvalue weighted by atomic mass is 9.76. The van der Waals surface area contributed by atoms with E-state index in [9.17, 15) is 9.18 Å². The summed E-state index contributed by atoms with van der Waals surface area (Å²) in [6.07, 6.45) is 3.55. The van der Waals surface area contributed by atoms with E-state index in [1.165, 1.54) is 6.07 Å². The van der Waals surface area contributed by atoms with Gasteiger partial charge in [0.25, 0.3) is 0 Å². The Morgan fingerprint density at radius 2 is 2.15 bits per heavy atom. The lowest BCUT2D eigenvalue weighted by molar-refractivity contribution is -0.121. The van der Waals surface area contributed by atoms with E-state index in [0.717, 1.165) is 37.9 Å². The van der Waals surface area contributed by atoms with Gasteiger partial charge in [-0.2, -0.15) is 0 Å². The lowest BCUT2D eigenvalue weighted by Crippen LogP contribution is -2.41. The van der Waals surface area contributed by atoms with E-state index >= 15 is 0 Å². The van der Waals surface area contributed by atoms with Crippen LogP contribution in [0.1, 0.15) is 44.1 Å². The Balaban J connectivity index is 1.61. The predicted molar refractivity (Wildman–Crippen MR) is 78.1 cm³/mol. The summed E-state index contributed by atoms with van der Waals surface area (Å²) in [5.74, 6) is 0.406. The van der Waals surface area contributed by atoms with Crippen molar-refractivity contribution in [1.29, 1.82) is 0 Å². The monoisotopic (exact) mass is 278 g/mol. The number of carbonyl (C=O) groups is 1. The van der Waals surface area contributed by atoms with Crippen molar-refractivity contribution in [3.8, 4) is 0 Å². The number of amides is 1. The molecule has 0 unspecified atom stereocenters. The van der Waals surface area contributed by atoms with Crippen molar-refractivity contribution in [3.63, 3.8) is 0 Å². The molecule has 2 rings (SSSR count). The van der Waals surface area contributed by atoms with Gasteiger partial charge in [0.15, 0.2) is 0 Å². The number of nitrogens with one attached hydrogen (secondary N) is 2. The molecule has 1 aliphatic rings. The minimum atomic E-state index is -0.161. The third kappa shape index (κ3) is 4.30. The van der Waals surface area contributed by atoms with Crippen molar-refractivity contribution in [2.45, 2.75) is 44.6 Å². The van der Waals surface area contributed by atoms with Gasteiger partial charge in [0, 0.05) is 25.6 Å². The summed E-state index contributed by atoms with van der Waals surface area (Å²) in [6.45, 7) is 3.51. The SMILES string of the molecule is CCCNC(=O)CCNC1CC(c2cccc(F)c2)C1. The fraction of sp³-hybridized carbons (Fsp3) is 0.562. The molecule has 3 nitrogen and oxygen atoms in total. The Bertz CT molecular complexity index is 444. The van der Waals surface area contributed by atoms with Gasteiger partial charge < -0.3 is 10.6 Å². The van der Waals surface area contributed by atoms with Gasteiger partial charge in [-0.05, 0) is 42.9 Å². The fourth-order valence-electron chi connectivity index (χ4n) is 2.56. The molecule has 0 aromatic heterocycles. The first-order valence-corrected chi connectivity index (χ1v) is 7.44. The molecular formula is C16H23FN2O. The van der Waals surface area contributed by atoms with E-state index in [0.29, 0.717) is 18.4 Å². The number of rotatable bonds is 7. The Kier molecular flexibility index (Phi) is 5.53. The summed E-state index contributed by atoms with van der Waals surface area (Å²) in [6, 6.07) is 7.32. The molecule has 0 spiro atoms. The second-order valence-electron chi connectivity index (χ2n) is 5.47. The Labute approximate surface area is 120 Å². The van der Waals surface area contributed by atoms with E-state index in [-0.39, 0.29) is 11.7 Å². The molecule has 2 N–H and O–H groups in total. The largest absolute Gasteiger partial charge is 0.356 e. The maximum Gasteiger partial charge on any atom is 0.221 e. The molecule has 1 aromatic rings. The molecule has 0 aliphatic heterocycles. The van der Waals surface area contributed by atoms with Crippen LogP contribution >= 0.6 is 0 Å². The first kappa shape index (κ1) is 15.0. The summed E-state index contributed by atoms with van der Waals surface area (Å²) in [5.41, 5.74) is 1.09. The average Bonchev–Trinajstić information content (AvgIpc) is 2.39. The standard InChI is InChI=1S/C16H23FN2O/c1-2-7-19-16(20)6-8-18-15-10-13(11-15)12-4-3-5-14(17)9-12/h3-5,9,13,15,18H,2,6-8,10-11H2,1H3,(H,19,20). The van der Waals surface area contributed by atoms with E-state index in [1.807, 2.05) is 13.0 Å². The van der Waals surface area contributed by atoms with Crippen LogP contribution < -0.4 is 10.6 Å². The number of hydrogen-bond donors (Lipinski definition) is 2. The summed E-state index contributed by atoms with van der Waals surface area (Å²) >= 11 is 0. The summed E-state index contributed by atoms with van der Waals surface area (Å²) in [4.78, 5) is 11.4. The van der Waals surface area contributed by atoms with E-state index in [4.69, 9.17) is 0 Å². The zero-order chi connectivity index (χ0) is 14.4. The zero-order valence-corrected chi connectivity index (χ0v) is 12.0. The molecule has 0 bridgehead atoms. The normalized spacial score (nSPS) is 21.3. The summed E-state index contributed by atoms with van der Waals surface area (Å²) < 4.78 is 13.1. The maximum atomic E-state index is 13.1. The summed E-state index contributed by atoms with van der Waals surface area (Å²) in [7, 11) is 0. The van der Waals surface area contributed by atoms with E-state index < -0.39 is 0 Å². The zero-order valence-electron chi connectivity index (χ0n) is 12.0. The lowest BCUT2D eigenvalue weighted by Gasteiger charge is -2.36. The molecule has 1 amide bonds. The minimum absolute atomic E-state index is 0.111. The van der Waals surface area contributed by atoms with Crippen molar-refractivity contribution in [1.82, 2.24) is 10.6 Å². The molecule has 0 atom stereocenters. The van der Waals surface area contributed by atoms with Crippen molar-refractivity contribution < 1.29 is 9.18 Å². The number of carbonyl (C=O) groups excluding carboxylic acids is 1. The number of halogens is 1. The molecule has 0 radical (unpaired) electrons. The molecule has 4 heteroatoms. The van der Waals surface area contributed by atoms with Gasteiger partial charge in [0.1, 0.15) is 5.82 Å². The van der Waals surface area contributed by atoms with Crippen molar-refractivity contribution in [2.75, 3.05) is 13.1 Å². The van der Waals surface area contributed by atoms with Crippen LogP contribution in [0, 0.1) is 5.82 Å². The summed E-state index contributed by atoms with van der Waals surface area (Å²) in [5, 5.41) is 6.25. The van der Waals surface area contributed by atoms with E-state index in [2.05, 4.69) is 10.6 Å². The minimum Gasteiger partial charge on any atom is -0.356 e. The molecule has 0 saturated heterocycles. The third-order valence-electron chi connectivity index (χ3n) is 3.82. The second kappa shape index (κ2) is 7.39. The topological polar surface area (TPSA) is 41.1 Å². The van der Waals surface area contributed by atoms with Crippen LogP contribution in [0.4, 0.5) is 4.39 Å². The molecule has 110 valence electrons. The highest BCUT2D eigenvalue weighted by atomic mass is 19.1. The Morgan fingerprint density at radius 1 is 1.35 bits per heavy atom. The van der Waals surface area contributed by atoms with Crippen molar-refractivity contribution in [2.24, 2.45) is 0 Å². The Morgan fingerprint density at radius 3 is 2.85 bits per heavy atom. The Hall–Kier alpha value is -1.42. The van der Waals surface area contributed by atoms with Crippen molar-refractivity contribution in [3.05, 3.63) is 35.6 Å². The van der Waals surface area contributed by atoms with Gasteiger partial charge in [0.05, 0.1) is 0 Å². The first-order valence-electron chi connectivity index (χ1n) is 7.44. The third-order valence-corrected chi connectivity index (χ3v) is 3.82. The van der Waals surface area contributed by atoms with Crippen LogP contribution in [-0.2, 0) is 4.79 Å². The highest BCUT2D eigenvalue weighted by Crippen LogP contribution is 2.36. The smallest absolute Gasteiger partial charge is 0.221 e. The van der Waals surface area contributed by atoms with Crippen LogP contribution in [0.5, 0.6) is 0 Å². The van der Waals surface area contributed by atoms with Gasteiger partial charge in [-0.25, -0.2) is 4.39 Å². The van der Waals surface area contributed by atoms with Crippen LogP contribution in [-0.4, -0.2) is 25.0 Å². The molecule has 1 aliphatic carbocycles. The highest BCUT2D eigenvalue weighted by molar-refractivity contribution is 5.75. The van der Waals surface area contributed by atoms with Gasteiger partial charge >= 0.3 is 0 Å². The van der Waals surface area contributed by atoms with Gasteiger partial charge in [-0.1, -0.05) is 19.1 Å².